The quantitative estimate of drug-likeness (QED) is 0.144. The molecule has 11 heteroatoms. The van der Waals surface area contributed by atoms with Gasteiger partial charge >= 0.3 is 0 Å². The van der Waals surface area contributed by atoms with E-state index >= 15 is 0 Å². The molecular weight excluding hydrogens is 681 g/mol. The third kappa shape index (κ3) is 9.56. The van der Waals surface area contributed by atoms with Crippen LogP contribution >= 0.6 is 23.2 Å². The van der Waals surface area contributed by atoms with E-state index in [9.17, 15) is 18.0 Å². The number of halogens is 2. The molecule has 0 saturated heterocycles. The molecule has 0 aliphatic heterocycles. The van der Waals surface area contributed by atoms with Crippen LogP contribution in [0.4, 0.5) is 5.69 Å². The number of anilines is 1. The molecule has 1 N–H and O–H groups in total. The predicted octanol–water partition coefficient (Wildman–Crippen LogP) is 7.68. The molecule has 1 unspecified atom stereocenters. The van der Waals surface area contributed by atoms with Crippen LogP contribution in [0.15, 0.2) is 108 Å². The summed E-state index contributed by atoms with van der Waals surface area (Å²) in [6, 6.07) is 28.1. The normalized spacial score (nSPS) is 14.1. The van der Waals surface area contributed by atoms with Crippen molar-refractivity contribution < 1.29 is 22.7 Å². The number of benzene rings is 4. The zero-order valence-electron chi connectivity index (χ0n) is 27.4. The van der Waals surface area contributed by atoms with Gasteiger partial charge in [-0.2, -0.15) is 0 Å². The van der Waals surface area contributed by atoms with Gasteiger partial charge < -0.3 is 15.0 Å². The van der Waals surface area contributed by atoms with Gasteiger partial charge in [0.15, 0.2) is 0 Å². The van der Waals surface area contributed by atoms with Crippen molar-refractivity contribution in [3.8, 4) is 5.75 Å². The van der Waals surface area contributed by atoms with E-state index in [4.69, 9.17) is 27.9 Å². The topological polar surface area (TPSA) is 96.0 Å². The van der Waals surface area contributed by atoms with Gasteiger partial charge in [0.25, 0.3) is 10.0 Å². The average Bonchev–Trinajstić information content (AvgIpc) is 3.12. The fraction of sp³-hybridized carbons (Fsp3) is 0.316. The Bertz CT molecular complexity index is 1800. The molecule has 258 valence electrons. The predicted molar refractivity (Wildman–Crippen MR) is 195 cm³/mol. The minimum absolute atomic E-state index is 0.000243. The van der Waals surface area contributed by atoms with E-state index in [0.29, 0.717) is 28.0 Å². The largest absolute Gasteiger partial charge is 0.494 e. The van der Waals surface area contributed by atoms with Gasteiger partial charge in [0.05, 0.1) is 27.2 Å². The maximum Gasteiger partial charge on any atom is 0.264 e. The molecular formula is C38H41Cl2N3O5S. The molecule has 0 radical (unpaired) electrons. The van der Waals surface area contributed by atoms with Gasteiger partial charge in [0.2, 0.25) is 11.8 Å². The number of hydrogen-bond acceptors (Lipinski definition) is 5. The lowest BCUT2D eigenvalue weighted by Crippen LogP contribution is -2.55. The second kappa shape index (κ2) is 17.1. The summed E-state index contributed by atoms with van der Waals surface area (Å²) in [7, 11) is -4.21. The van der Waals surface area contributed by atoms with E-state index in [1.165, 1.54) is 17.0 Å². The van der Waals surface area contributed by atoms with Crippen molar-refractivity contribution in [1.29, 1.82) is 0 Å². The molecule has 1 fully saturated rings. The van der Waals surface area contributed by atoms with E-state index in [0.717, 1.165) is 42.0 Å². The standard InChI is InChI=1S/C38H41Cl2N3O5S/c1-2-48-32-21-19-31(20-22-32)43(49(46,47)33-16-10-5-11-17-33)27-37(44)42(26-29-18-23-34(39)35(40)24-29)36(25-28-12-6-3-7-13-28)38(45)41-30-14-8-4-9-15-30/h3,5-7,10-13,16-24,30,36H,2,4,8-9,14-15,25-27H2,1H3,(H,41,45). The van der Waals surface area contributed by atoms with Crippen LogP contribution in [0.1, 0.15) is 50.2 Å². The molecule has 8 nitrogen and oxygen atoms in total. The zero-order chi connectivity index (χ0) is 34.8. The average molecular weight is 723 g/mol. The minimum atomic E-state index is -4.21. The van der Waals surface area contributed by atoms with Crippen LogP contribution in [0.25, 0.3) is 0 Å². The van der Waals surface area contributed by atoms with Crippen LogP contribution in [-0.4, -0.2) is 50.4 Å². The lowest BCUT2D eigenvalue weighted by Gasteiger charge is -2.35. The summed E-state index contributed by atoms with van der Waals surface area (Å²) in [6.45, 7) is 1.74. The van der Waals surface area contributed by atoms with Crippen molar-refractivity contribution in [1.82, 2.24) is 10.2 Å². The Balaban J connectivity index is 1.57. The molecule has 4 aromatic rings. The summed E-state index contributed by atoms with van der Waals surface area (Å²) in [4.78, 5) is 30.5. The van der Waals surface area contributed by atoms with Gasteiger partial charge in [0.1, 0.15) is 18.3 Å². The van der Waals surface area contributed by atoms with Crippen molar-refractivity contribution >= 4 is 50.7 Å². The number of nitrogens with zero attached hydrogens (tertiary/aromatic N) is 2. The van der Waals surface area contributed by atoms with Gasteiger partial charge in [0, 0.05) is 19.0 Å². The highest BCUT2D eigenvalue weighted by Gasteiger charge is 2.35. The molecule has 0 heterocycles. The molecule has 1 aliphatic carbocycles. The monoisotopic (exact) mass is 721 g/mol. The number of nitrogens with one attached hydrogen (secondary N) is 1. The van der Waals surface area contributed by atoms with Crippen molar-refractivity contribution in [2.24, 2.45) is 0 Å². The van der Waals surface area contributed by atoms with Crippen LogP contribution in [0.2, 0.25) is 10.0 Å². The highest BCUT2D eigenvalue weighted by molar-refractivity contribution is 7.92. The number of carbonyl (C=O) groups is 2. The number of amides is 2. The van der Waals surface area contributed by atoms with Crippen LogP contribution in [-0.2, 0) is 32.6 Å². The highest BCUT2D eigenvalue weighted by atomic mass is 35.5. The Kier molecular flexibility index (Phi) is 12.6. The van der Waals surface area contributed by atoms with E-state index in [-0.39, 0.29) is 35.5 Å². The summed E-state index contributed by atoms with van der Waals surface area (Å²) in [6.07, 6.45) is 5.12. The van der Waals surface area contributed by atoms with Gasteiger partial charge in [-0.3, -0.25) is 13.9 Å². The molecule has 5 rings (SSSR count). The number of hydrogen-bond donors (Lipinski definition) is 1. The van der Waals surface area contributed by atoms with Crippen molar-refractivity contribution in [3.05, 3.63) is 124 Å². The van der Waals surface area contributed by atoms with Crippen LogP contribution in [0, 0.1) is 0 Å². The second-order valence-electron chi connectivity index (χ2n) is 12.1. The lowest BCUT2D eigenvalue weighted by molar-refractivity contribution is -0.140. The first-order valence-electron chi connectivity index (χ1n) is 16.5. The molecule has 2 amide bonds. The van der Waals surface area contributed by atoms with Crippen LogP contribution in [0.5, 0.6) is 5.75 Å². The van der Waals surface area contributed by atoms with E-state index in [1.54, 1.807) is 60.7 Å². The fourth-order valence-corrected chi connectivity index (χ4v) is 7.81. The Morgan fingerprint density at radius 2 is 1.49 bits per heavy atom. The number of rotatable bonds is 14. The first-order valence-corrected chi connectivity index (χ1v) is 18.7. The number of sulfonamides is 1. The number of ether oxygens (including phenoxy) is 1. The Hall–Kier alpha value is -4.05. The second-order valence-corrected chi connectivity index (χ2v) is 14.7. The highest BCUT2D eigenvalue weighted by Crippen LogP contribution is 2.28. The lowest BCUT2D eigenvalue weighted by atomic mass is 9.94. The van der Waals surface area contributed by atoms with Gasteiger partial charge in [-0.25, -0.2) is 8.42 Å². The van der Waals surface area contributed by atoms with E-state index in [1.807, 2.05) is 37.3 Å². The maximum absolute atomic E-state index is 14.7. The Morgan fingerprint density at radius 1 is 0.837 bits per heavy atom. The molecule has 0 bridgehead atoms. The van der Waals surface area contributed by atoms with Crippen LogP contribution < -0.4 is 14.4 Å². The summed E-state index contributed by atoms with van der Waals surface area (Å²) >= 11 is 12.6. The van der Waals surface area contributed by atoms with Crippen molar-refractivity contribution in [2.45, 2.75) is 69.0 Å². The molecule has 1 saturated carbocycles. The summed E-state index contributed by atoms with van der Waals surface area (Å²) < 4.78 is 35.1. The minimum Gasteiger partial charge on any atom is -0.494 e. The third-order valence-corrected chi connectivity index (χ3v) is 11.1. The Labute approximate surface area is 299 Å². The third-order valence-electron chi connectivity index (χ3n) is 8.61. The van der Waals surface area contributed by atoms with Gasteiger partial charge in [-0.1, -0.05) is 97.1 Å². The molecule has 49 heavy (non-hydrogen) atoms. The first-order chi connectivity index (χ1) is 23.7. The molecule has 4 aromatic carbocycles. The molecule has 0 spiro atoms. The van der Waals surface area contributed by atoms with E-state index < -0.39 is 28.5 Å². The first kappa shape index (κ1) is 36.2. The summed E-state index contributed by atoms with van der Waals surface area (Å²) in [5, 5.41) is 3.88. The number of carbonyl (C=O) groups excluding carboxylic acids is 2. The SMILES string of the molecule is CCOc1ccc(N(CC(=O)N(Cc2ccc(Cl)c(Cl)c2)C(Cc2ccccc2)C(=O)NC2CCCCC2)S(=O)(=O)c2ccccc2)cc1. The smallest absolute Gasteiger partial charge is 0.264 e. The van der Waals surface area contributed by atoms with Gasteiger partial charge in [-0.05, 0) is 79.4 Å². The van der Waals surface area contributed by atoms with Gasteiger partial charge in [-0.15, -0.1) is 0 Å². The molecule has 0 aromatic heterocycles. The summed E-state index contributed by atoms with van der Waals surface area (Å²) in [5.74, 6) is -0.278. The fourth-order valence-electron chi connectivity index (χ4n) is 6.06. The summed E-state index contributed by atoms with van der Waals surface area (Å²) in [5.41, 5.74) is 1.78. The van der Waals surface area contributed by atoms with Crippen LogP contribution in [0.3, 0.4) is 0 Å². The van der Waals surface area contributed by atoms with Crippen molar-refractivity contribution in [2.75, 3.05) is 17.5 Å². The van der Waals surface area contributed by atoms with E-state index in [2.05, 4.69) is 5.32 Å². The maximum atomic E-state index is 14.7. The Morgan fingerprint density at radius 3 is 2.12 bits per heavy atom. The zero-order valence-corrected chi connectivity index (χ0v) is 29.8. The molecule has 1 atom stereocenters. The molecule has 1 aliphatic rings. The van der Waals surface area contributed by atoms with Crippen molar-refractivity contribution in [3.63, 3.8) is 0 Å².